The number of hydrogen-bond acceptors (Lipinski definition) is 2. The highest BCUT2D eigenvalue weighted by Crippen LogP contribution is 2.26. The van der Waals surface area contributed by atoms with Crippen LogP contribution < -0.4 is 0 Å². The van der Waals surface area contributed by atoms with Gasteiger partial charge in [0.15, 0.2) is 0 Å². The molecule has 108 valence electrons. The predicted octanol–water partition coefficient (Wildman–Crippen LogP) is 3.26. The Balaban J connectivity index is 1.96. The molecular weight excluding hydrogens is 255 g/mol. The minimum atomic E-state index is -0.314. The lowest BCUT2D eigenvalue weighted by molar-refractivity contribution is 0.00457. The molecule has 0 heterocycles. The molecule has 1 aliphatic carbocycles. The zero-order chi connectivity index (χ0) is 14.4. The molecule has 3 heteroatoms. The Labute approximate surface area is 120 Å². The summed E-state index contributed by atoms with van der Waals surface area (Å²) in [5, 5.41) is 8.67. The van der Waals surface area contributed by atoms with Crippen LogP contribution in [-0.4, -0.2) is 17.8 Å². The van der Waals surface area contributed by atoms with E-state index < -0.39 is 0 Å². The van der Waals surface area contributed by atoms with Gasteiger partial charge in [-0.15, -0.1) is 0 Å². The maximum atomic E-state index is 13.5. The van der Waals surface area contributed by atoms with Crippen LogP contribution in [0.2, 0.25) is 0 Å². The Morgan fingerprint density at radius 1 is 1.35 bits per heavy atom. The molecule has 0 aromatic heterocycles. The van der Waals surface area contributed by atoms with Gasteiger partial charge in [0, 0.05) is 5.56 Å². The van der Waals surface area contributed by atoms with Crippen molar-refractivity contribution in [1.82, 2.24) is 0 Å². The summed E-state index contributed by atoms with van der Waals surface area (Å²) in [5.41, 5.74) is 1.38. The van der Waals surface area contributed by atoms with Crippen molar-refractivity contribution < 1.29 is 14.2 Å². The van der Waals surface area contributed by atoms with E-state index in [1.807, 2.05) is 6.07 Å². The number of rotatable bonds is 3. The molecular formula is C17H21FO2. The molecule has 0 bridgehead atoms. The lowest BCUT2D eigenvalue weighted by Gasteiger charge is -2.26. The third-order valence-corrected chi connectivity index (χ3v) is 3.64. The van der Waals surface area contributed by atoms with E-state index in [0.717, 1.165) is 18.4 Å². The second-order valence-electron chi connectivity index (χ2n) is 5.51. The first-order valence-electron chi connectivity index (χ1n) is 7.18. The largest absolute Gasteiger partial charge is 0.384 e. The average Bonchev–Trinajstić information content (AvgIpc) is 2.42. The summed E-state index contributed by atoms with van der Waals surface area (Å²) in [6.45, 7) is 2.45. The zero-order valence-electron chi connectivity index (χ0n) is 11.9. The molecule has 1 aliphatic rings. The molecule has 2 unspecified atom stereocenters. The maximum Gasteiger partial charge on any atom is 0.124 e. The van der Waals surface area contributed by atoms with E-state index in [2.05, 4.69) is 18.8 Å². The molecule has 20 heavy (non-hydrogen) atoms. The fraction of sp³-hybridized carbons (Fsp3) is 0.529. The summed E-state index contributed by atoms with van der Waals surface area (Å²) in [6.07, 6.45) is 4.96. The maximum absolute atomic E-state index is 13.5. The van der Waals surface area contributed by atoms with Crippen LogP contribution in [0, 0.1) is 23.6 Å². The molecule has 0 amide bonds. The molecule has 1 saturated carbocycles. The quantitative estimate of drug-likeness (QED) is 0.859. The molecule has 0 radical (unpaired) electrons. The summed E-state index contributed by atoms with van der Waals surface area (Å²) in [6, 6.07) is 4.67. The van der Waals surface area contributed by atoms with Gasteiger partial charge in [-0.2, -0.15) is 0 Å². The SMILES string of the molecule is CC1CCCC(OCc2cc(F)cc(C#CCO)c2)C1. The minimum Gasteiger partial charge on any atom is -0.384 e. The van der Waals surface area contributed by atoms with Gasteiger partial charge >= 0.3 is 0 Å². The van der Waals surface area contributed by atoms with E-state index in [1.54, 1.807) is 0 Å². The van der Waals surface area contributed by atoms with Crippen molar-refractivity contribution in [1.29, 1.82) is 0 Å². The summed E-state index contributed by atoms with van der Waals surface area (Å²) < 4.78 is 19.4. The van der Waals surface area contributed by atoms with Crippen molar-refractivity contribution in [2.75, 3.05) is 6.61 Å². The first kappa shape index (κ1) is 15.0. The standard InChI is InChI=1S/C17H21FO2/c1-13-4-2-6-17(8-13)20-12-15-9-14(5-3-7-19)10-16(18)11-15/h9-11,13,17,19H,2,4,6-8,12H2,1H3. The second-order valence-corrected chi connectivity index (χ2v) is 5.51. The van der Waals surface area contributed by atoms with Gasteiger partial charge in [0.05, 0.1) is 12.7 Å². The number of hydrogen-bond donors (Lipinski definition) is 1. The Bertz CT molecular complexity index is 501. The molecule has 2 nitrogen and oxygen atoms in total. The van der Waals surface area contributed by atoms with Crippen molar-refractivity contribution in [3.8, 4) is 11.8 Å². The first-order valence-corrected chi connectivity index (χ1v) is 7.18. The fourth-order valence-corrected chi connectivity index (χ4v) is 2.69. The molecule has 0 spiro atoms. The van der Waals surface area contributed by atoms with Crippen LogP contribution in [0.15, 0.2) is 18.2 Å². The number of aliphatic hydroxyl groups excluding tert-OH is 1. The van der Waals surface area contributed by atoms with E-state index in [9.17, 15) is 4.39 Å². The Morgan fingerprint density at radius 2 is 2.20 bits per heavy atom. The highest BCUT2D eigenvalue weighted by molar-refractivity contribution is 5.37. The summed E-state index contributed by atoms with van der Waals surface area (Å²) >= 11 is 0. The summed E-state index contributed by atoms with van der Waals surface area (Å²) in [7, 11) is 0. The van der Waals surface area contributed by atoms with Crippen LogP contribution in [0.4, 0.5) is 4.39 Å². The van der Waals surface area contributed by atoms with Gasteiger partial charge in [-0.3, -0.25) is 0 Å². The van der Waals surface area contributed by atoms with Crippen molar-refractivity contribution >= 4 is 0 Å². The van der Waals surface area contributed by atoms with Crippen molar-refractivity contribution in [3.63, 3.8) is 0 Å². The molecule has 1 N–H and O–H groups in total. The van der Waals surface area contributed by atoms with E-state index in [-0.39, 0.29) is 18.5 Å². The van der Waals surface area contributed by atoms with Crippen LogP contribution in [0.5, 0.6) is 0 Å². The van der Waals surface area contributed by atoms with E-state index in [0.29, 0.717) is 18.1 Å². The van der Waals surface area contributed by atoms with E-state index in [4.69, 9.17) is 9.84 Å². The molecule has 1 aromatic rings. The van der Waals surface area contributed by atoms with Crippen LogP contribution in [0.25, 0.3) is 0 Å². The number of ether oxygens (including phenoxy) is 1. The smallest absolute Gasteiger partial charge is 0.124 e. The summed E-state index contributed by atoms with van der Waals surface area (Å²) in [4.78, 5) is 0. The monoisotopic (exact) mass is 276 g/mol. The highest BCUT2D eigenvalue weighted by atomic mass is 19.1. The van der Waals surface area contributed by atoms with E-state index in [1.165, 1.54) is 25.0 Å². The molecule has 1 aromatic carbocycles. The Morgan fingerprint density at radius 3 is 2.95 bits per heavy atom. The lowest BCUT2D eigenvalue weighted by Crippen LogP contribution is -2.21. The molecule has 0 saturated heterocycles. The van der Waals surface area contributed by atoms with Crippen LogP contribution in [0.1, 0.15) is 43.7 Å². The van der Waals surface area contributed by atoms with Crippen molar-refractivity contribution in [3.05, 3.63) is 35.1 Å². The topological polar surface area (TPSA) is 29.5 Å². The van der Waals surface area contributed by atoms with Crippen LogP contribution in [-0.2, 0) is 11.3 Å². The van der Waals surface area contributed by atoms with Crippen molar-refractivity contribution in [2.45, 2.75) is 45.3 Å². The van der Waals surface area contributed by atoms with Crippen LogP contribution in [0.3, 0.4) is 0 Å². The van der Waals surface area contributed by atoms with Gasteiger partial charge in [-0.25, -0.2) is 4.39 Å². The second kappa shape index (κ2) is 7.42. The third-order valence-electron chi connectivity index (χ3n) is 3.64. The minimum absolute atomic E-state index is 0.220. The van der Waals surface area contributed by atoms with Gasteiger partial charge < -0.3 is 9.84 Å². The van der Waals surface area contributed by atoms with E-state index >= 15 is 0 Å². The predicted molar refractivity (Wildman–Crippen MR) is 76.6 cm³/mol. The first-order chi connectivity index (χ1) is 9.67. The number of benzene rings is 1. The normalized spacial score (nSPS) is 22.1. The zero-order valence-corrected chi connectivity index (χ0v) is 11.9. The molecule has 1 fully saturated rings. The van der Waals surface area contributed by atoms with Gasteiger partial charge in [-0.05, 0) is 42.5 Å². The molecule has 2 rings (SSSR count). The number of aliphatic hydroxyl groups is 1. The summed E-state index contributed by atoms with van der Waals surface area (Å²) in [5.74, 6) is 5.65. The van der Waals surface area contributed by atoms with Crippen molar-refractivity contribution in [2.24, 2.45) is 5.92 Å². The number of halogens is 1. The molecule has 2 atom stereocenters. The highest BCUT2D eigenvalue weighted by Gasteiger charge is 2.19. The Kier molecular flexibility index (Phi) is 5.58. The Hall–Kier alpha value is -1.37. The fourth-order valence-electron chi connectivity index (χ4n) is 2.69. The third kappa shape index (κ3) is 4.63. The van der Waals surface area contributed by atoms with Crippen LogP contribution >= 0.6 is 0 Å². The molecule has 0 aliphatic heterocycles. The van der Waals surface area contributed by atoms with Gasteiger partial charge in [0.2, 0.25) is 0 Å². The van der Waals surface area contributed by atoms with Gasteiger partial charge in [-0.1, -0.05) is 31.6 Å². The van der Waals surface area contributed by atoms with Gasteiger partial charge in [0.25, 0.3) is 0 Å². The lowest BCUT2D eigenvalue weighted by atomic mass is 9.89. The van der Waals surface area contributed by atoms with Gasteiger partial charge in [0.1, 0.15) is 12.4 Å². The average molecular weight is 276 g/mol.